The summed E-state index contributed by atoms with van der Waals surface area (Å²) >= 11 is 0. The number of fused-ring (bicyclic) bond motifs is 2. The molecule has 8 heteroatoms. The first-order valence-electron chi connectivity index (χ1n) is 15.1. The molecule has 6 rings (SSSR count). The molecular weight excluding hydrogens is 530 g/mol. The molecule has 1 N–H and O–H groups in total. The van der Waals surface area contributed by atoms with Gasteiger partial charge in [0.2, 0.25) is 17.7 Å². The zero-order chi connectivity index (χ0) is 29.5. The maximum atomic E-state index is 14.8. The molecule has 2 fully saturated rings. The third-order valence-electron chi connectivity index (χ3n) is 9.50. The normalized spacial score (nSPS) is 31.1. The summed E-state index contributed by atoms with van der Waals surface area (Å²) in [5.41, 5.74) is -0.952. The minimum absolute atomic E-state index is 0.197. The van der Waals surface area contributed by atoms with Gasteiger partial charge in [-0.05, 0) is 30.5 Å². The van der Waals surface area contributed by atoms with Gasteiger partial charge in [0.25, 0.3) is 0 Å². The summed E-state index contributed by atoms with van der Waals surface area (Å²) < 4.78 is 7.07. The first kappa shape index (κ1) is 28.4. The van der Waals surface area contributed by atoms with Gasteiger partial charge < -0.3 is 24.5 Å². The molecule has 0 saturated carbocycles. The molecule has 2 aromatic rings. The molecule has 4 aliphatic heterocycles. The summed E-state index contributed by atoms with van der Waals surface area (Å²) in [7, 11) is 0. The zero-order valence-electron chi connectivity index (χ0n) is 24.3. The Morgan fingerprint density at radius 3 is 2.24 bits per heavy atom. The molecule has 4 aliphatic rings. The number of benzene rings is 2. The highest BCUT2D eigenvalue weighted by atomic mass is 16.5. The Hall–Kier alpha value is -3.75. The maximum Gasteiger partial charge on any atom is 0.249 e. The Morgan fingerprint density at radius 2 is 1.57 bits per heavy atom. The van der Waals surface area contributed by atoms with Crippen molar-refractivity contribution in [2.45, 2.75) is 56.4 Å². The standard InChI is InChI=1S/C34H39N3O5/c1-3-5-20-35-21-13-19-34-28(31(40)37(29(34)32(35)41)26(23-38)24-14-8-6-9-15-24)27-30(39)36(25-16-10-7-11-17-25)22-12-18-33(27,4-2)42-34/h6-19,26-29,38H,3-5,20-23H2,1-2H3/t26-,27+,28+,29?,33-,34+/m1/s1. The predicted octanol–water partition coefficient (Wildman–Crippen LogP) is 3.88. The monoisotopic (exact) mass is 569 g/mol. The number of aliphatic hydroxyl groups excluding tert-OH is 1. The van der Waals surface area contributed by atoms with Crippen molar-refractivity contribution in [3.63, 3.8) is 0 Å². The molecule has 6 atom stereocenters. The SMILES string of the molecule is CCCCN1CC=C[C@]23O[C@]4(CC)C=CCN(c5ccccc5)C(=O)[C@@H]4[C@H]2C(=O)N([C@H](CO)c2ccccc2)C3C1=O. The van der Waals surface area contributed by atoms with Crippen LogP contribution < -0.4 is 4.90 Å². The lowest BCUT2D eigenvalue weighted by atomic mass is 9.73. The number of nitrogens with zero attached hydrogens (tertiary/aromatic N) is 3. The number of amides is 3. The summed E-state index contributed by atoms with van der Waals surface area (Å²) in [6.07, 6.45) is 9.90. The number of para-hydroxylation sites is 1. The molecular formula is C34H39N3O5. The molecule has 2 saturated heterocycles. The first-order chi connectivity index (χ1) is 20.4. The van der Waals surface area contributed by atoms with Gasteiger partial charge >= 0.3 is 0 Å². The molecule has 0 radical (unpaired) electrons. The van der Waals surface area contributed by atoms with Gasteiger partial charge in [-0.3, -0.25) is 14.4 Å². The van der Waals surface area contributed by atoms with Crippen molar-refractivity contribution >= 4 is 23.4 Å². The van der Waals surface area contributed by atoms with Gasteiger partial charge in [0.05, 0.1) is 30.1 Å². The van der Waals surface area contributed by atoms with E-state index in [9.17, 15) is 19.5 Å². The van der Waals surface area contributed by atoms with E-state index in [1.54, 1.807) is 9.80 Å². The average Bonchev–Trinajstić information content (AvgIpc) is 3.31. The lowest BCUT2D eigenvalue weighted by Crippen LogP contribution is -2.57. The Bertz CT molecular complexity index is 1390. The highest BCUT2D eigenvalue weighted by Gasteiger charge is 2.76. The number of hydrogen-bond donors (Lipinski definition) is 1. The van der Waals surface area contributed by atoms with Crippen molar-refractivity contribution < 1.29 is 24.2 Å². The van der Waals surface area contributed by atoms with Crippen LogP contribution in [0.1, 0.15) is 44.7 Å². The third kappa shape index (κ3) is 4.23. The Morgan fingerprint density at radius 1 is 0.881 bits per heavy atom. The van der Waals surface area contributed by atoms with Crippen LogP contribution in [0.5, 0.6) is 0 Å². The topological polar surface area (TPSA) is 90.4 Å². The van der Waals surface area contributed by atoms with Gasteiger partial charge in [0.15, 0.2) is 0 Å². The summed E-state index contributed by atoms with van der Waals surface area (Å²) in [6.45, 7) is 4.98. The molecule has 2 aromatic carbocycles. The van der Waals surface area contributed by atoms with Crippen LogP contribution in [0.15, 0.2) is 85.0 Å². The van der Waals surface area contributed by atoms with E-state index in [1.165, 1.54) is 4.90 Å². The Balaban J connectivity index is 1.52. The van der Waals surface area contributed by atoms with E-state index in [-0.39, 0.29) is 24.3 Å². The molecule has 220 valence electrons. The van der Waals surface area contributed by atoms with Crippen LogP contribution in [-0.2, 0) is 19.1 Å². The highest BCUT2D eigenvalue weighted by Crippen LogP contribution is 2.59. The fraction of sp³-hybridized carbons (Fsp3) is 0.441. The number of carbonyl (C=O) groups excluding carboxylic acids is 3. The summed E-state index contributed by atoms with van der Waals surface area (Å²) in [4.78, 5) is 49.0. The van der Waals surface area contributed by atoms with Crippen molar-refractivity contribution in [3.05, 3.63) is 90.5 Å². The Kier molecular flexibility index (Phi) is 7.53. The second-order valence-electron chi connectivity index (χ2n) is 11.7. The minimum atomic E-state index is -1.36. The van der Waals surface area contributed by atoms with Crippen molar-refractivity contribution in [1.29, 1.82) is 0 Å². The van der Waals surface area contributed by atoms with Gasteiger partial charge in [-0.25, -0.2) is 0 Å². The summed E-state index contributed by atoms with van der Waals surface area (Å²) in [5, 5.41) is 10.7. The molecule has 0 aliphatic carbocycles. The van der Waals surface area contributed by atoms with Gasteiger partial charge in [-0.2, -0.15) is 0 Å². The number of aliphatic hydroxyl groups is 1. The van der Waals surface area contributed by atoms with E-state index in [0.29, 0.717) is 26.1 Å². The number of hydrogen-bond acceptors (Lipinski definition) is 5. The molecule has 0 bridgehead atoms. The fourth-order valence-corrected chi connectivity index (χ4v) is 7.50. The van der Waals surface area contributed by atoms with Crippen LogP contribution >= 0.6 is 0 Å². The van der Waals surface area contributed by atoms with Crippen molar-refractivity contribution in [3.8, 4) is 0 Å². The van der Waals surface area contributed by atoms with Crippen LogP contribution in [0.25, 0.3) is 0 Å². The van der Waals surface area contributed by atoms with Crippen LogP contribution in [0.2, 0.25) is 0 Å². The van der Waals surface area contributed by atoms with Gasteiger partial charge in [-0.1, -0.05) is 93.1 Å². The molecule has 4 heterocycles. The van der Waals surface area contributed by atoms with E-state index in [1.807, 2.05) is 91.9 Å². The maximum absolute atomic E-state index is 14.8. The van der Waals surface area contributed by atoms with E-state index < -0.39 is 35.1 Å². The van der Waals surface area contributed by atoms with Gasteiger partial charge in [0, 0.05) is 25.3 Å². The predicted molar refractivity (Wildman–Crippen MR) is 159 cm³/mol. The smallest absolute Gasteiger partial charge is 0.249 e. The molecule has 1 spiro atoms. The van der Waals surface area contributed by atoms with Crippen molar-refractivity contribution in [2.24, 2.45) is 11.8 Å². The largest absolute Gasteiger partial charge is 0.394 e. The average molecular weight is 570 g/mol. The van der Waals surface area contributed by atoms with Crippen molar-refractivity contribution in [2.75, 3.05) is 31.1 Å². The van der Waals surface area contributed by atoms with Gasteiger partial charge in [-0.15, -0.1) is 0 Å². The van der Waals surface area contributed by atoms with E-state index in [2.05, 4.69) is 6.92 Å². The number of ether oxygens (including phenoxy) is 1. The zero-order valence-corrected chi connectivity index (χ0v) is 24.3. The molecule has 8 nitrogen and oxygen atoms in total. The lowest BCUT2D eigenvalue weighted by Gasteiger charge is -2.41. The van der Waals surface area contributed by atoms with Crippen LogP contribution in [0, 0.1) is 11.8 Å². The second kappa shape index (κ2) is 11.2. The quantitative estimate of drug-likeness (QED) is 0.488. The number of unbranched alkanes of at least 4 members (excludes halogenated alkanes) is 1. The summed E-state index contributed by atoms with van der Waals surface area (Å²) in [5.74, 6) is -2.53. The molecule has 3 amide bonds. The second-order valence-corrected chi connectivity index (χ2v) is 11.7. The number of rotatable bonds is 8. The minimum Gasteiger partial charge on any atom is -0.394 e. The number of carbonyl (C=O) groups is 3. The van der Waals surface area contributed by atoms with Crippen molar-refractivity contribution in [1.82, 2.24) is 9.80 Å². The highest BCUT2D eigenvalue weighted by molar-refractivity contribution is 6.04. The Labute approximate surface area is 247 Å². The van der Waals surface area contributed by atoms with E-state index >= 15 is 0 Å². The fourth-order valence-electron chi connectivity index (χ4n) is 7.50. The van der Waals surface area contributed by atoms with E-state index in [4.69, 9.17) is 4.74 Å². The molecule has 0 aromatic heterocycles. The van der Waals surface area contributed by atoms with Crippen LogP contribution in [0.3, 0.4) is 0 Å². The van der Waals surface area contributed by atoms with Crippen LogP contribution in [-0.4, -0.2) is 76.1 Å². The summed E-state index contributed by atoms with van der Waals surface area (Å²) in [6, 6.07) is 17.0. The van der Waals surface area contributed by atoms with Gasteiger partial charge in [0.1, 0.15) is 11.6 Å². The number of likely N-dealkylation sites (tertiary alicyclic amines) is 1. The van der Waals surface area contributed by atoms with E-state index in [0.717, 1.165) is 24.1 Å². The first-order valence-corrected chi connectivity index (χ1v) is 15.1. The molecule has 1 unspecified atom stereocenters. The van der Waals surface area contributed by atoms with Crippen LogP contribution in [0.4, 0.5) is 5.69 Å². The lowest BCUT2D eigenvalue weighted by molar-refractivity contribution is -0.155. The number of anilines is 1. The molecule has 42 heavy (non-hydrogen) atoms. The third-order valence-corrected chi connectivity index (χ3v) is 9.50.